The van der Waals surface area contributed by atoms with Gasteiger partial charge in [0.25, 0.3) is 0 Å². The minimum atomic E-state index is -0.590. The van der Waals surface area contributed by atoms with Gasteiger partial charge in [-0.25, -0.2) is 14.5 Å². The van der Waals surface area contributed by atoms with Crippen molar-refractivity contribution in [2.24, 2.45) is 0 Å². The van der Waals surface area contributed by atoms with Crippen LogP contribution in [0.1, 0.15) is 43.0 Å². The molecule has 9 nitrogen and oxygen atoms in total. The van der Waals surface area contributed by atoms with Gasteiger partial charge in [0.1, 0.15) is 0 Å². The second kappa shape index (κ2) is 6.41. The van der Waals surface area contributed by atoms with E-state index in [0.29, 0.717) is 23.6 Å². The van der Waals surface area contributed by atoms with Gasteiger partial charge in [0.2, 0.25) is 11.9 Å². The molecule has 1 aliphatic carbocycles. The molecule has 0 fully saturated rings. The highest BCUT2D eigenvalue weighted by molar-refractivity contribution is 5.96. The summed E-state index contributed by atoms with van der Waals surface area (Å²) in [6.45, 7) is 5.92. The van der Waals surface area contributed by atoms with E-state index in [0.717, 1.165) is 16.8 Å². The van der Waals surface area contributed by atoms with E-state index in [9.17, 15) is 9.18 Å². The molecule has 1 atom stereocenters. The quantitative estimate of drug-likeness (QED) is 0.561. The highest BCUT2D eigenvalue weighted by Gasteiger charge is 2.43. The number of hydrogen-bond acceptors (Lipinski definition) is 6. The molecule has 10 heteroatoms. The molecule has 0 unspecified atom stereocenters. The third kappa shape index (κ3) is 2.83. The number of nitrogens with zero attached hydrogens (tertiary/aromatic N) is 7. The van der Waals surface area contributed by atoms with Gasteiger partial charge >= 0.3 is 0 Å². The SMILES string of the molecule is Cc1cc(NC(=O)[C@@H]2CC(C)(C)c3c2cnc2cc(F)nn32)cnc1-n1nccn1. The molecule has 4 heterocycles. The molecule has 0 radical (unpaired) electrons. The van der Waals surface area contributed by atoms with Gasteiger partial charge in [-0.3, -0.25) is 4.79 Å². The summed E-state index contributed by atoms with van der Waals surface area (Å²) in [6.07, 6.45) is 6.95. The summed E-state index contributed by atoms with van der Waals surface area (Å²) in [4.78, 5) is 23.2. The fourth-order valence-electron chi connectivity index (χ4n) is 4.20. The molecule has 152 valence electrons. The molecule has 0 spiro atoms. The van der Waals surface area contributed by atoms with Gasteiger partial charge in [0.05, 0.1) is 35.9 Å². The highest BCUT2D eigenvalue weighted by atomic mass is 19.1. The number of hydrogen-bond donors (Lipinski definition) is 1. The fourth-order valence-corrected chi connectivity index (χ4v) is 4.20. The smallest absolute Gasteiger partial charge is 0.235 e. The van der Waals surface area contributed by atoms with Gasteiger partial charge in [0, 0.05) is 23.2 Å². The van der Waals surface area contributed by atoms with Gasteiger partial charge in [0.15, 0.2) is 11.5 Å². The first-order valence-electron chi connectivity index (χ1n) is 9.52. The van der Waals surface area contributed by atoms with Crippen LogP contribution in [0.15, 0.2) is 36.9 Å². The normalized spacial score (nSPS) is 17.3. The lowest BCUT2D eigenvalue weighted by Gasteiger charge is -2.19. The Labute approximate surface area is 171 Å². The zero-order valence-electron chi connectivity index (χ0n) is 16.7. The van der Waals surface area contributed by atoms with E-state index < -0.39 is 11.9 Å². The Morgan fingerprint density at radius 2 is 1.97 bits per heavy atom. The van der Waals surface area contributed by atoms with Crippen LogP contribution < -0.4 is 5.32 Å². The Kier molecular flexibility index (Phi) is 3.92. The first-order chi connectivity index (χ1) is 14.3. The number of rotatable bonds is 3. The van der Waals surface area contributed by atoms with E-state index in [1.807, 2.05) is 26.8 Å². The third-order valence-corrected chi connectivity index (χ3v) is 5.46. The maximum atomic E-state index is 13.7. The van der Waals surface area contributed by atoms with Crippen LogP contribution in [0.25, 0.3) is 11.5 Å². The highest BCUT2D eigenvalue weighted by Crippen LogP contribution is 2.45. The summed E-state index contributed by atoms with van der Waals surface area (Å²) >= 11 is 0. The number of aromatic nitrogens is 7. The molecule has 0 aromatic carbocycles. The van der Waals surface area contributed by atoms with Crippen molar-refractivity contribution in [1.82, 2.24) is 34.6 Å². The minimum absolute atomic E-state index is 0.165. The van der Waals surface area contributed by atoms with E-state index in [1.54, 1.807) is 24.8 Å². The lowest BCUT2D eigenvalue weighted by molar-refractivity contribution is -0.117. The van der Waals surface area contributed by atoms with Crippen LogP contribution in [0, 0.1) is 12.9 Å². The van der Waals surface area contributed by atoms with Crippen molar-refractivity contribution in [1.29, 1.82) is 0 Å². The predicted octanol–water partition coefficient (Wildman–Crippen LogP) is 2.56. The van der Waals surface area contributed by atoms with Crippen LogP contribution in [0.2, 0.25) is 0 Å². The van der Waals surface area contributed by atoms with Crippen molar-refractivity contribution in [3.05, 3.63) is 59.7 Å². The maximum Gasteiger partial charge on any atom is 0.235 e. The molecule has 0 aliphatic heterocycles. The molecule has 0 saturated carbocycles. The van der Waals surface area contributed by atoms with Crippen LogP contribution in [0.4, 0.5) is 10.1 Å². The van der Waals surface area contributed by atoms with Crippen molar-refractivity contribution in [2.75, 3.05) is 5.32 Å². The molecule has 30 heavy (non-hydrogen) atoms. The molecular weight excluding hydrogens is 387 g/mol. The van der Waals surface area contributed by atoms with Crippen LogP contribution in [0.5, 0.6) is 0 Å². The van der Waals surface area contributed by atoms with E-state index in [-0.39, 0.29) is 11.3 Å². The lowest BCUT2D eigenvalue weighted by Crippen LogP contribution is -2.22. The van der Waals surface area contributed by atoms with Gasteiger partial charge < -0.3 is 5.32 Å². The number of carbonyl (C=O) groups excluding carboxylic acids is 1. The van der Waals surface area contributed by atoms with E-state index >= 15 is 0 Å². The summed E-state index contributed by atoms with van der Waals surface area (Å²) in [7, 11) is 0. The topological polar surface area (TPSA) is 103 Å². The van der Waals surface area contributed by atoms with Crippen molar-refractivity contribution in [3.8, 4) is 5.82 Å². The van der Waals surface area contributed by atoms with Crippen LogP contribution in [0.3, 0.4) is 0 Å². The first kappa shape index (κ1) is 18.3. The van der Waals surface area contributed by atoms with Gasteiger partial charge in [-0.05, 0) is 25.0 Å². The van der Waals surface area contributed by atoms with Crippen LogP contribution in [-0.2, 0) is 10.2 Å². The van der Waals surface area contributed by atoms with Crippen molar-refractivity contribution in [2.45, 2.75) is 38.5 Å². The number of pyridine rings is 1. The Hall–Kier alpha value is -3.69. The van der Waals surface area contributed by atoms with Gasteiger partial charge in [-0.2, -0.15) is 14.6 Å². The Morgan fingerprint density at radius 3 is 2.70 bits per heavy atom. The predicted molar refractivity (Wildman–Crippen MR) is 106 cm³/mol. The number of carbonyl (C=O) groups is 1. The molecule has 0 saturated heterocycles. The summed E-state index contributed by atoms with van der Waals surface area (Å²) < 4.78 is 15.2. The number of halogens is 1. The second-order valence-electron chi connectivity index (χ2n) is 8.11. The number of anilines is 1. The zero-order chi connectivity index (χ0) is 21.0. The second-order valence-corrected chi connectivity index (χ2v) is 8.11. The third-order valence-electron chi connectivity index (χ3n) is 5.46. The van der Waals surface area contributed by atoms with Crippen LogP contribution >= 0.6 is 0 Å². The number of aryl methyl sites for hydroxylation is 1. The van der Waals surface area contributed by atoms with Crippen molar-refractivity contribution < 1.29 is 9.18 Å². The standard InChI is InChI=1S/C20H19FN8O/c1-11-6-12(9-23-18(11)29-24-4-5-25-29)26-19(30)13-8-20(2,3)17-14(13)10-22-16-7-15(21)27-28(16)17/h4-7,9-10,13H,8H2,1-3H3,(H,26,30)/t13-/m1/s1. The summed E-state index contributed by atoms with van der Waals surface area (Å²) in [5.74, 6) is -0.584. The number of fused-ring (bicyclic) bond motifs is 3. The monoisotopic (exact) mass is 406 g/mol. The summed E-state index contributed by atoms with van der Waals surface area (Å²) in [5, 5.41) is 15.0. The molecule has 4 aromatic rings. The van der Waals surface area contributed by atoms with Crippen molar-refractivity contribution in [3.63, 3.8) is 0 Å². The average Bonchev–Trinajstić information content (AvgIpc) is 3.39. The van der Waals surface area contributed by atoms with E-state index in [4.69, 9.17) is 0 Å². The number of amides is 1. The molecule has 0 bridgehead atoms. The molecule has 4 aromatic heterocycles. The fraction of sp³-hybridized carbons (Fsp3) is 0.300. The summed E-state index contributed by atoms with van der Waals surface area (Å²) in [6, 6.07) is 3.11. The maximum absolute atomic E-state index is 13.7. The first-order valence-corrected chi connectivity index (χ1v) is 9.52. The molecule has 1 aliphatic rings. The van der Waals surface area contributed by atoms with E-state index in [1.165, 1.54) is 15.4 Å². The average molecular weight is 406 g/mol. The van der Waals surface area contributed by atoms with E-state index in [2.05, 4.69) is 30.6 Å². The Bertz CT molecular complexity index is 1280. The zero-order valence-corrected chi connectivity index (χ0v) is 16.7. The molecule has 5 rings (SSSR count). The molecule has 1 amide bonds. The number of nitrogens with one attached hydrogen (secondary N) is 1. The van der Waals surface area contributed by atoms with Crippen LogP contribution in [-0.4, -0.2) is 40.5 Å². The largest absolute Gasteiger partial charge is 0.324 e. The molecule has 1 N–H and O–H groups in total. The van der Waals surface area contributed by atoms with Crippen molar-refractivity contribution >= 4 is 17.2 Å². The van der Waals surface area contributed by atoms with Gasteiger partial charge in [-0.15, -0.1) is 9.90 Å². The van der Waals surface area contributed by atoms with Gasteiger partial charge in [-0.1, -0.05) is 13.8 Å². The lowest BCUT2D eigenvalue weighted by atomic mass is 9.88. The summed E-state index contributed by atoms with van der Waals surface area (Å²) in [5.41, 5.74) is 3.05. The molecular formula is C20H19FN8O. The Morgan fingerprint density at radius 1 is 1.20 bits per heavy atom. The minimum Gasteiger partial charge on any atom is -0.324 e. The Balaban J connectivity index is 1.46.